The van der Waals surface area contributed by atoms with Crippen molar-refractivity contribution in [2.45, 2.75) is 0 Å². The topological polar surface area (TPSA) is 38.9 Å². The van der Waals surface area contributed by atoms with E-state index >= 15 is 0 Å². The highest BCUT2D eigenvalue weighted by Crippen LogP contribution is 2.42. The van der Waals surface area contributed by atoms with Gasteiger partial charge in [0.1, 0.15) is 11.2 Å². The zero-order chi connectivity index (χ0) is 29.7. The van der Waals surface area contributed by atoms with Gasteiger partial charge in [-0.2, -0.15) is 0 Å². The Morgan fingerprint density at radius 2 is 1.02 bits per heavy atom. The van der Waals surface area contributed by atoms with Gasteiger partial charge in [-0.25, -0.2) is 9.97 Å². The molecule has 2 aromatic heterocycles. The largest absolute Gasteiger partial charge is 0.455 e. The third kappa shape index (κ3) is 4.37. The zero-order valence-corrected chi connectivity index (χ0v) is 24.3. The minimum atomic E-state index is 0.699. The number of fused-ring (bicyclic) bond motifs is 6. The van der Waals surface area contributed by atoms with Crippen molar-refractivity contribution in [3.8, 4) is 45.0 Å². The molecule has 3 heteroatoms. The van der Waals surface area contributed by atoms with E-state index in [4.69, 9.17) is 14.4 Å². The molecule has 0 unspecified atom stereocenters. The Balaban J connectivity index is 1.34. The molecule has 7 aromatic carbocycles. The van der Waals surface area contributed by atoms with E-state index in [0.717, 1.165) is 66.4 Å². The molecule has 0 fully saturated rings. The maximum absolute atomic E-state index is 6.57. The number of hydrogen-bond donors (Lipinski definition) is 0. The highest BCUT2D eigenvalue weighted by atomic mass is 16.3. The van der Waals surface area contributed by atoms with Gasteiger partial charge in [0.25, 0.3) is 0 Å². The Bertz CT molecular complexity index is 2470. The predicted octanol–water partition coefficient (Wildman–Crippen LogP) is 11.4. The number of nitrogens with zero attached hydrogens (tertiary/aromatic N) is 2. The number of benzene rings is 7. The smallest absolute Gasteiger partial charge is 0.160 e. The Morgan fingerprint density at radius 3 is 1.87 bits per heavy atom. The molecule has 9 rings (SSSR count). The van der Waals surface area contributed by atoms with Crippen LogP contribution in [0.5, 0.6) is 0 Å². The molecular weight excluding hydrogens is 548 g/mol. The molecule has 0 spiro atoms. The van der Waals surface area contributed by atoms with Crippen molar-refractivity contribution in [2.75, 3.05) is 0 Å². The van der Waals surface area contributed by atoms with Crippen molar-refractivity contribution >= 4 is 43.5 Å². The van der Waals surface area contributed by atoms with Gasteiger partial charge in [-0.05, 0) is 57.6 Å². The maximum atomic E-state index is 6.57. The Hall–Kier alpha value is -6.06. The quantitative estimate of drug-likeness (QED) is 0.210. The lowest BCUT2D eigenvalue weighted by molar-refractivity contribution is 0.672. The molecule has 0 saturated carbocycles. The summed E-state index contributed by atoms with van der Waals surface area (Å²) in [6.07, 6.45) is 0. The van der Waals surface area contributed by atoms with E-state index in [-0.39, 0.29) is 0 Å². The third-order valence-electron chi connectivity index (χ3n) is 8.66. The van der Waals surface area contributed by atoms with Gasteiger partial charge in [-0.1, -0.05) is 127 Å². The molecule has 0 bridgehead atoms. The van der Waals surface area contributed by atoms with E-state index in [2.05, 4.69) is 109 Å². The van der Waals surface area contributed by atoms with Crippen molar-refractivity contribution < 1.29 is 4.42 Å². The van der Waals surface area contributed by atoms with Crippen LogP contribution in [0.25, 0.3) is 88.5 Å². The lowest BCUT2D eigenvalue weighted by atomic mass is 9.93. The first-order chi connectivity index (χ1) is 22.3. The summed E-state index contributed by atoms with van der Waals surface area (Å²) in [6, 6.07) is 55.0. The van der Waals surface area contributed by atoms with Crippen LogP contribution in [0, 0.1) is 0 Å². The second kappa shape index (κ2) is 10.3. The van der Waals surface area contributed by atoms with Gasteiger partial charge >= 0.3 is 0 Å². The first-order valence-electron chi connectivity index (χ1n) is 15.2. The molecular formula is C42H26N2O. The van der Waals surface area contributed by atoms with Crippen LogP contribution in [0.1, 0.15) is 0 Å². The molecule has 2 heterocycles. The number of aromatic nitrogens is 2. The van der Waals surface area contributed by atoms with Gasteiger partial charge in [0.05, 0.1) is 11.4 Å². The predicted molar refractivity (Wildman–Crippen MR) is 186 cm³/mol. The van der Waals surface area contributed by atoms with E-state index in [1.807, 2.05) is 48.5 Å². The second-order valence-corrected chi connectivity index (χ2v) is 11.4. The average Bonchev–Trinajstić information content (AvgIpc) is 3.50. The first-order valence-corrected chi connectivity index (χ1v) is 15.2. The van der Waals surface area contributed by atoms with Crippen molar-refractivity contribution in [3.63, 3.8) is 0 Å². The summed E-state index contributed by atoms with van der Waals surface area (Å²) in [5, 5.41) is 6.77. The van der Waals surface area contributed by atoms with Crippen molar-refractivity contribution in [1.29, 1.82) is 0 Å². The summed E-state index contributed by atoms with van der Waals surface area (Å²) in [5.41, 5.74) is 8.92. The first kappa shape index (κ1) is 25.4. The van der Waals surface area contributed by atoms with Crippen LogP contribution in [-0.4, -0.2) is 9.97 Å². The van der Waals surface area contributed by atoms with E-state index in [0.29, 0.717) is 5.82 Å². The molecule has 0 aliphatic rings. The summed E-state index contributed by atoms with van der Waals surface area (Å²) >= 11 is 0. The van der Waals surface area contributed by atoms with E-state index in [1.165, 1.54) is 16.3 Å². The average molecular weight is 575 g/mol. The van der Waals surface area contributed by atoms with Crippen LogP contribution in [0.2, 0.25) is 0 Å². The summed E-state index contributed by atoms with van der Waals surface area (Å²) < 4.78 is 6.57. The van der Waals surface area contributed by atoms with Crippen molar-refractivity contribution in [3.05, 3.63) is 158 Å². The van der Waals surface area contributed by atoms with Crippen molar-refractivity contribution in [1.82, 2.24) is 9.97 Å². The van der Waals surface area contributed by atoms with Crippen LogP contribution in [-0.2, 0) is 0 Å². The fourth-order valence-electron chi connectivity index (χ4n) is 6.42. The summed E-state index contributed by atoms with van der Waals surface area (Å²) in [6.45, 7) is 0. The normalized spacial score (nSPS) is 11.6. The number of para-hydroxylation sites is 1. The highest BCUT2D eigenvalue weighted by Gasteiger charge is 2.18. The molecule has 0 saturated heterocycles. The number of hydrogen-bond acceptors (Lipinski definition) is 3. The molecule has 0 radical (unpaired) electrons. The van der Waals surface area contributed by atoms with E-state index < -0.39 is 0 Å². The summed E-state index contributed by atoms with van der Waals surface area (Å²) in [5.74, 6) is 0.699. The molecule has 0 amide bonds. The highest BCUT2D eigenvalue weighted by molar-refractivity contribution is 6.19. The van der Waals surface area contributed by atoms with Gasteiger partial charge in [0.15, 0.2) is 5.82 Å². The number of rotatable bonds is 4. The molecule has 210 valence electrons. The Morgan fingerprint density at radius 1 is 0.378 bits per heavy atom. The second-order valence-electron chi connectivity index (χ2n) is 11.4. The fraction of sp³-hybridized carbons (Fsp3) is 0. The molecule has 9 aromatic rings. The Labute approximate surface area is 260 Å². The van der Waals surface area contributed by atoms with Crippen LogP contribution in [0.3, 0.4) is 0 Å². The van der Waals surface area contributed by atoms with Gasteiger partial charge in [-0.3, -0.25) is 0 Å². The van der Waals surface area contributed by atoms with Gasteiger partial charge in [0.2, 0.25) is 0 Å². The van der Waals surface area contributed by atoms with E-state index in [1.54, 1.807) is 0 Å². The van der Waals surface area contributed by atoms with Crippen LogP contribution >= 0.6 is 0 Å². The SMILES string of the molecule is c1ccc(-c2cc(-c3cc4c5ccccc5oc4c4cc(-c5ccc6ccccc6c5)ccc34)nc(-c3ccccc3)n2)cc1. The van der Waals surface area contributed by atoms with Crippen LogP contribution in [0.15, 0.2) is 162 Å². The van der Waals surface area contributed by atoms with Crippen LogP contribution in [0.4, 0.5) is 0 Å². The van der Waals surface area contributed by atoms with Crippen molar-refractivity contribution in [2.24, 2.45) is 0 Å². The molecule has 0 aliphatic heterocycles. The molecule has 0 aliphatic carbocycles. The number of furan rings is 1. The summed E-state index contributed by atoms with van der Waals surface area (Å²) in [4.78, 5) is 10.2. The molecule has 0 atom stereocenters. The van der Waals surface area contributed by atoms with Gasteiger partial charge in [0, 0.05) is 32.8 Å². The standard InChI is InChI=1S/C42H26N2O/c1-3-12-28(13-4-1)38-26-39(44-42(43-38)29-14-5-2-6-15-29)35-25-37-34-17-9-10-18-40(34)45-41(37)36-24-32(21-22-33(35)36)31-20-19-27-11-7-8-16-30(27)23-31/h1-26H. The fourth-order valence-corrected chi connectivity index (χ4v) is 6.42. The Kier molecular flexibility index (Phi) is 5.82. The molecule has 45 heavy (non-hydrogen) atoms. The molecule has 3 nitrogen and oxygen atoms in total. The van der Waals surface area contributed by atoms with Gasteiger partial charge < -0.3 is 4.42 Å². The third-order valence-corrected chi connectivity index (χ3v) is 8.66. The van der Waals surface area contributed by atoms with Gasteiger partial charge in [-0.15, -0.1) is 0 Å². The minimum Gasteiger partial charge on any atom is -0.455 e. The lowest BCUT2D eigenvalue weighted by Crippen LogP contribution is -1.96. The monoisotopic (exact) mass is 574 g/mol. The minimum absolute atomic E-state index is 0.699. The molecule has 0 N–H and O–H groups in total. The lowest BCUT2D eigenvalue weighted by Gasteiger charge is -2.13. The van der Waals surface area contributed by atoms with E-state index in [9.17, 15) is 0 Å². The summed E-state index contributed by atoms with van der Waals surface area (Å²) in [7, 11) is 0. The van der Waals surface area contributed by atoms with Crippen LogP contribution < -0.4 is 0 Å². The maximum Gasteiger partial charge on any atom is 0.160 e. The zero-order valence-electron chi connectivity index (χ0n) is 24.3.